The lowest BCUT2D eigenvalue weighted by atomic mass is 9.81. The maximum absolute atomic E-state index is 5.40. The molecule has 1 aliphatic carbocycles. The molecule has 0 unspecified atom stereocenters. The van der Waals surface area contributed by atoms with E-state index in [0.29, 0.717) is 5.41 Å². The number of furan rings is 1. The topological polar surface area (TPSA) is 28.4 Å². The molecule has 1 saturated carbocycles. The lowest BCUT2D eigenvalue weighted by Gasteiger charge is -2.36. The third-order valence-corrected chi connectivity index (χ3v) is 4.85. The monoisotopic (exact) mass is 278 g/mol. The maximum Gasteiger partial charge on any atom is 0.105 e. The molecule has 0 spiro atoms. The van der Waals surface area contributed by atoms with Crippen molar-refractivity contribution in [3.8, 4) is 0 Å². The summed E-state index contributed by atoms with van der Waals surface area (Å²) in [6, 6.07) is 2.89. The molecule has 1 fully saturated rings. The van der Waals surface area contributed by atoms with Gasteiger partial charge in [-0.25, -0.2) is 0 Å². The van der Waals surface area contributed by atoms with Crippen LogP contribution in [0.1, 0.15) is 50.9 Å². The van der Waals surface area contributed by atoms with Gasteiger partial charge in [-0.3, -0.25) is 0 Å². The standard InChI is InChI=1S/C17H30N2O/c1-5-17(6-2,12-18-16-7-8-16)13-19(4)11-15-9-10-20-14(15)3/h9-10,16,18H,5-8,11-13H2,1-4H3. The van der Waals surface area contributed by atoms with E-state index in [1.807, 2.05) is 6.92 Å². The molecule has 0 aromatic carbocycles. The van der Waals surface area contributed by atoms with Crippen molar-refractivity contribution in [3.63, 3.8) is 0 Å². The van der Waals surface area contributed by atoms with E-state index in [4.69, 9.17) is 4.42 Å². The first-order valence-corrected chi connectivity index (χ1v) is 8.03. The van der Waals surface area contributed by atoms with E-state index in [0.717, 1.165) is 31.4 Å². The molecule has 1 aliphatic rings. The average Bonchev–Trinajstić information content (AvgIpc) is 3.19. The highest BCUT2D eigenvalue weighted by atomic mass is 16.3. The fourth-order valence-corrected chi connectivity index (χ4v) is 2.92. The zero-order valence-electron chi connectivity index (χ0n) is 13.5. The van der Waals surface area contributed by atoms with Gasteiger partial charge in [-0.2, -0.15) is 0 Å². The van der Waals surface area contributed by atoms with Gasteiger partial charge in [0, 0.05) is 31.2 Å². The second kappa shape index (κ2) is 6.77. The Morgan fingerprint density at radius 1 is 1.35 bits per heavy atom. The molecule has 1 N–H and O–H groups in total. The van der Waals surface area contributed by atoms with Gasteiger partial charge >= 0.3 is 0 Å². The second-order valence-corrected chi connectivity index (χ2v) is 6.54. The molecule has 0 radical (unpaired) electrons. The van der Waals surface area contributed by atoms with Gasteiger partial charge in [-0.1, -0.05) is 13.8 Å². The molecule has 0 aliphatic heterocycles. The lowest BCUT2D eigenvalue weighted by molar-refractivity contribution is 0.150. The van der Waals surface area contributed by atoms with Crippen molar-refractivity contribution < 1.29 is 4.42 Å². The Labute approximate surface area is 123 Å². The Kier molecular flexibility index (Phi) is 5.28. The Morgan fingerprint density at radius 2 is 2.05 bits per heavy atom. The zero-order valence-corrected chi connectivity index (χ0v) is 13.5. The smallest absolute Gasteiger partial charge is 0.105 e. The molecule has 3 nitrogen and oxygen atoms in total. The van der Waals surface area contributed by atoms with Gasteiger partial charge in [0.05, 0.1) is 6.26 Å². The lowest BCUT2D eigenvalue weighted by Crippen LogP contribution is -2.42. The molecule has 1 heterocycles. The minimum Gasteiger partial charge on any atom is -0.469 e. The van der Waals surface area contributed by atoms with E-state index in [2.05, 4.69) is 37.2 Å². The SMILES string of the molecule is CCC(CC)(CNC1CC1)CN(C)Cc1ccoc1C. The van der Waals surface area contributed by atoms with Gasteiger partial charge in [0.1, 0.15) is 5.76 Å². The van der Waals surface area contributed by atoms with Crippen LogP contribution < -0.4 is 5.32 Å². The number of nitrogens with zero attached hydrogens (tertiary/aromatic N) is 1. The molecule has 0 bridgehead atoms. The van der Waals surface area contributed by atoms with Gasteiger partial charge < -0.3 is 14.6 Å². The number of hydrogen-bond donors (Lipinski definition) is 1. The first kappa shape index (κ1) is 15.6. The predicted octanol–water partition coefficient (Wildman–Crippen LogP) is 3.58. The largest absolute Gasteiger partial charge is 0.469 e. The summed E-state index contributed by atoms with van der Waals surface area (Å²) in [4.78, 5) is 2.44. The van der Waals surface area contributed by atoms with E-state index in [1.54, 1.807) is 6.26 Å². The molecule has 1 aromatic heterocycles. The summed E-state index contributed by atoms with van der Waals surface area (Å²) in [5.41, 5.74) is 1.71. The maximum atomic E-state index is 5.40. The van der Waals surface area contributed by atoms with Crippen molar-refractivity contribution in [1.82, 2.24) is 10.2 Å². The van der Waals surface area contributed by atoms with Gasteiger partial charge in [0.2, 0.25) is 0 Å². The quantitative estimate of drug-likeness (QED) is 0.748. The Balaban J connectivity index is 1.90. The summed E-state index contributed by atoms with van der Waals surface area (Å²) in [7, 11) is 2.23. The minimum atomic E-state index is 0.398. The van der Waals surface area contributed by atoms with Crippen molar-refractivity contribution >= 4 is 0 Å². The van der Waals surface area contributed by atoms with E-state index in [-0.39, 0.29) is 0 Å². The first-order valence-electron chi connectivity index (χ1n) is 8.03. The van der Waals surface area contributed by atoms with Crippen LogP contribution in [0.25, 0.3) is 0 Å². The van der Waals surface area contributed by atoms with Crippen molar-refractivity contribution in [1.29, 1.82) is 0 Å². The summed E-state index contributed by atoms with van der Waals surface area (Å²) < 4.78 is 5.40. The van der Waals surface area contributed by atoms with Gasteiger partial charge in [-0.05, 0) is 51.1 Å². The number of hydrogen-bond acceptors (Lipinski definition) is 3. The zero-order chi connectivity index (χ0) is 14.6. The highest BCUT2D eigenvalue weighted by Gasteiger charge is 2.31. The third-order valence-electron chi connectivity index (χ3n) is 4.85. The van der Waals surface area contributed by atoms with Crippen LogP contribution in [-0.4, -0.2) is 31.1 Å². The van der Waals surface area contributed by atoms with E-state index >= 15 is 0 Å². The number of aryl methyl sites for hydroxylation is 1. The van der Waals surface area contributed by atoms with Gasteiger partial charge in [0.25, 0.3) is 0 Å². The Hall–Kier alpha value is -0.800. The normalized spacial score (nSPS) is 16.1. The fraction of sp³-hybridized carbons (Fsp3) is 0.765. The Morgan fingerprint density at radius 3 is 2.55 bits per heavy atom. The molecule has 0 saturated heterocycles. The van der Waals surface area contributed by atoms with Crippen molar-refractivity contribution in [3.05, 3.63) is 23.7 Å². The minimum absolute atomic E-state index is 0.398. The van der Waals surface area contributed by atoms with Gasteiger partial charge in [-0.15, -0.1) is 0 Å². The third kappa shape index (κ3) is 4.10. The molecule has 20 heavy (non-hydrogen) atoms. The van der Waals surface area contributed by atoms with Crippen LogP contribution in [0.3, 0.4) is 0 Å². The molecule has 3 heteroatoms. The van der Waals surface area contributed by atoms with E-state index in [9.17, 15) is 0 Å². The Bertz CT molecular complexity index is 405. The van der Waals surface area contributed by atoms with Crippen LogP contribution in [0.2, 0.25) is 0 Å². The van der Waals surface area contributed by atoms with Crippen LogP contribution in [-0.2, 0) is 6.54 Å². The van der Waals surface area contributed by atoms with Crippen LogP contribution >= 0.6 is 0 Å². The molecule has 2 rings (SSSR count). The van der Waals surface area contributed by atoms with Crippen LogP contribution in [0, 0.1) is 12.3 Å². The molecule has 114 valence electrons. The van der Waals surface area contributed by atoms with Gasteiger partial charge in [0.15, 0.2) is 0 Å². The summed E-state index contributed by atoms with van der Waals surface area (Å²) in [5.74, 6) is 1.05. The predicted molar refractivity (Wildman–Crippen MR) is 83.8 cm³/mol. The second-order valence-electron chi connectivity index (χ2n) is 6.54. The van der Waals surface area contributed by atoms with Crippen LogP contribution in [0.4, 0.5) is 0 Å². The van der Waals surface area contributed by atoms with Crippen molar-refractivity contribution in [2.24, 2.45) is 5.41 Å². The molecule has 0 atom stereocenters. The van der Waals surface area contributed by atoms with Crippen molar-refractivity contribution in [2.45, 2.75) is 59.0 Å². The molecular formula is C17H30N2O. The highest BCUT2D eigenvalue weighted by Crippen LogP contribution is 2.29. The fourth-order valence-electron chi connectivity index (χ4n) is 2.92. The number of rotatable bonds is 9. The summed E-state index contributed by atoms with van der Waals surface area (Å²) >= 11 is 0. The summed E-state index contributed by atoms with van der Waals surface area (Å²) in [6.07, 6.45) is 7.00. The number of nitrogens with one attached hydrogen (secondary N) is 1. The first-order chi connectivity index (χ1) is 9.58. The molecule has 0 amide bonds. The molecular weight excluding hydrogens is 248 g/mol. The van der Waals surface area contributed by atoms with E-state index < -0.39 is 0 Å². The summed E-state index contributed by atoms with van der Waals surface area (Å²) in [5, 5.41) is 3.73. The average molecular weight is 278 g/mol. The molecule has 1 aromatic rings. The van der Waals surface area contributed by atoms with Crippen LogP contribution in [0.5, 0.6) is 0 Å². The van der Waals surface area contributed by atoms with Crippen molar-refractivity contribution in [2.75, 3.05) is 20.1 Å². The highest BCUT2D eigenvalue weighted by molar-refractivity contribution is 5.15. The van der Waals surface area contributed by atoms with E-state index in [1.165, 1.54) is 31.2 Å². The summed E-state index contributed by atoms with van der Waals surface area (Å²) in [6.45, 7) is 9.98. The van der Waals surface area contributed by atoms with Crippen LogP contribution in [0.15, 0.2) is 16.7 Å².